The van der Waals surface area contributed by atoms with Gasteiger partial charge in [-0.3, -0.25) is 0 Å². The fraction of sp³-hybridized carbons (Fsp3) is 0.438. The summed E-state index contributed by atoms with van der Waals surface area (Å²) in [6.45, 7) is 3.24. The highest BCUT2D eigenvalue weighted by molar-refractivity contribution is 6.33. The van der Waals surface area contributed by atoms with Crippen LogP contribution in [0.15, 0.2) is 12.1 Å². The zero-order chi connectivity index (χ0) is 19.6. The lowest BCUT2D eigenvalue weighted by Gasteiger charge is -2.23. The molecule has 1 fully saturated rings. The number of benzene rings is 1. The summed E-state index contributed by atoms with van der Waals surface area (Å²) < 4.78 is 19.1. The van der Waals surface area contributed by atoms with E-state index in [-0.39, 0.29) is 29.2 Å². The van der Waals surface area contributed by atoms with Crippen molar-refractivity contribution in [1.82, 2.24) is 4.90 Å². The van der Waals surface area contributed by atoms with Crippen LogP contribution in [0.5, 0.6) is 0 Å². The van der Waals surface area contributed by atoms with Gasteiger partial charge in [0, 0.05) is 6.54 Å². The van der Waals surface area contributed by atoms with Gasteiger partial charge in [0.2, 0.25) is 0 Å². The molecule has 1 heterocycles. The van der Waals surface area contributed by atoms with E-state index in [1.165, 1.54) is 0 Å². The van der Waals surface area contributed by atoms with Crippen LogP contribution in [0.25, 0.3) is 0 Å². The molecule has 2 atom stereocenters. The van der Waals surface area contributed by atoms with Crippen molar-refractivity contribution < 1.29 is 33.7 Å². The Labute approximate surface area is 153 Å². The number of carbonyl (C=O) groups is 3. The van der Waals surface area contributed by atoms with Crippen molar-refractivity contribution in [2.24, 2.45) is 0 Å². The normalized spacial score (nSPS) is 19.5. The molecular weight excluding hydrogens is 371 g/mol. The topological polar surface area (TPSA) is 116 Å². The van der Waals surface area contributed by atoms with Gasteiger partial charge in [-0.15, -0.1) is 0 Å². The van der Waals surface area contributed by atoms with E-state index in [4.69, 9.17) is 21.4 Å². The van der Waals surface area contributed by atoms with Crippen LogP contribution >= 0.6 is 11.6 Å². The Morgan fingerprint density at radius 3 is 2.62 bits per heavy atom. The van der Waals surface area contributed by atoms with Gasteiger partial charge < -0.3 is 25.2 Å². The maximum absolute atomic E-state index is 14.1. The summed E-state index contributed by atoms with van der Waals surface area (Å²) in [5.41, 5.74) is -0.506. The van der Waals surface area contributed by atoms with E-state index in [2.05, 4.69) is 5.32 Å². The zero-order valence-electron chi connectivity index (χ0n) is 14.0. The second-order valence-electron chi connectivity index (χ2n) is 6.03. The number of aliphatic carboxylic acids is 1. The van der Waals surface area contributed by atoms with E-state index in [0.717, 1.165) is 17.0 Å². The Morgan fingerprint density at radius 1 is 1.38 bits per heavy atom. The maximum atomic E-state index is 14.1. The molecule has 1 aromatic carbocycles. The lowest BCUT2D eigenvalue weighted by molar-refractivity contribution is -0.143. The van der Waals surface area contributed by atoms with Crippen molar-refractivity contribution in [3.63, 3.8) is 0 Å². The standard InChI is InChI=1S/C16H18ClFN2O6/c1-7(2)26-15(24)8-5-11(10(18)6-9(8)17)19-16(25)20-4-3-12(21)13(20)14(22)23/h5-7,12-13,21H,3-4H2,1-2H3,(H,19,25)(H,22,23)/t12-,13-/m0/s1. The molecule has 2 amide bonds. The number of urea groups is 1. The van der Waals surface area contributed by atoms with E-state index in [0.29, 0.717) is 0 Å². The first kappa shape index (κ1) is 19.9. The molecule has 1 aliphatic rings. The van der Waals surface area contributed by atoms with Gasteiger partial charge in [0.25, 0.3) is 0 Å². The fourth-order valence-corrected chi connectivity index (χ4v) is 2.80. The third-order valence-electron chi connectivity index (χ3n) is 3.74. The van der Waals surface area contributed by atoms with Gasteiger partial charge in [0.15, 0.2) is 6.04 Å². The van der Waals surface area contributed by atoms with Crippen molar-refractivity contribution in [2.45, 2.75) is 38.5 Å². The Kier molecular flexibility index (Phi) is 6.04. The number of anilines is 1. The Morgan fingerprint density at radius 2 is 2.04 bits per heavy atom. The predicted octanol–water partition coefficient (Wildman–Crippen LogP) is 2.10. The molecule has 1 aliphatic heterocycles. The summed E-state index contributed by atoms with van der Waals surface area (Å²) in [5.74, 6) is -3.07. The van der Waals surface area contributed by atoms with Gasteiger partial charge in [-0.25, -0.2) is 18.8 Å². The molecule has 0 unspecified atom stereocenters. The number of carboxylic acids is 1. The van der Waals surface area contributed by atoms with Gasteiger partial charge in [0.1, 0.15) is 5.82 Å². The van der Waals surface area contributed by atoms with E-state index in [9.17, 15) is 23.9 Å². The highest BCUT2D eigenvalue weighted by atomic mass is 35.5. The SMILES string of the molecule is CC(C)OC(=O)c1cc(NC(=O)N2CC[C@H](O)[C@H]2C(=O)O)c(F)cc1Cl. The number of carbonyl (C=O) groups excluding carboxylic acids is 2. The molecule has 1 aromatic rings. The zero-order valence-corrected chi connectivity index (χ0v) is 14.8. The van der Waals surface area contributed by atoms with E-state index < -0.39 is 42.0 Å². The smallest absolute Gasteiger partial charge is 0.339 e. The lowest BCUT2D eigenvalue weighted by atomic mass is 10.1. The molecule has 142 valence electrons. The average molecular weight is 389 g/mol. The third-order valence-corrected chi connectivity index (χ3v) is 4.05. The summed E-state index contributed by atoms with van der Waals surface area (Å²) in [7, 11) is 0. The van der Waals surface area contributed by atoms with Gasteiger partial charge in [-0.2, -0.15) is 0 Å². The monoisotopic (exact) mass is 388 g/mol. The van der Waals surface area contributed by atoms with Crippen LogP contribution in [0.2, 0.25) is 5.02 Å². The number of likely N-dealkylation sites (tertiary alicyclic amines) is 1. The van der Waals surface area contributed by atoms with Crippen molar-refractivity contribution in [2.75, 3.05) is 11.9 Å². The lowest BCUT2D eigenvalue weighted by Crippen LogP contribution is -2.46. The molecule has 0 saturated carbocycles. The second kappa shape index (κ2) is 7.88. The third kappa shape index (κ3) is 4.23. The van der Waals surface area contributed by atoms with Crippen molar-refractivity contribution >= 4 is 35.3 Å². The highest BCUT2D eigenvalue weighted by Crippen LogP contribution is 2.27. The second-order valence-corrected chi connectivity index (χ2v) is 6.44. The molecule has 2 rings (SSSR count). The molecular formula is C16H18ClFN2O6. The van der Waals surface area contributed by atoms with E-state index in [1.807, 2.05) is 0 Å². The number of nitrogens with one attached hydrogen (secondary N) is 1. The molecule has 26 heavy (non-hydrogen) atoms. The number of ether oxygens (including phenoxy) is 1. The van der Waals surface area contributed by atoms with Crippen LogP contribution in [-0.4, -0.2) is 57.9 Å². The van der Waals surface area contributed by atoms with Crippen LogP contribution in [0.1, 0.15) is 30.6 Å². The number of halogens is 2. The number of aliphatic hydroxyl groups is 1. The minimum atomic E-state index is -1.43. The van der Waals surface area contributed by atoms with Gasteiger partial charge in [-0.05, 0) is 32.4 Å². The molecule has 0 bridgehead atoms. The quantitative estimate of drug-likeness (QED) is 0.680. The van der Waals surface area contributed by atoms with Crippen LogP contribution in [0.3, 0.4) is 0 Å². The number of esters is 1. The summed E-state index contributed by atoms with van der Waals surface area (Å²) in [4.78, 5) is 36.4. The van der Waals surface area contributed by atoms with Crippen LogP contribution in [0, 0.1) is 5.82 Å². The first-order valence-corrected chi connectivity index (χ1v) is 8.18. The number of nitrogens with zero attached hydrogens (tertiary/aromatic N) is 1. The average Bonchev–Trinajstić information content (AvgIpc) is 2.91. The molecule has 0 spiro atoms. The number of rotatable bonds is 4. The van der Waals surface area contributed by atoms with Gasteiger partial charge in [0.05, 0.1) is 28.5 Å². The minimum Gasteiger partial charge on any atom is -0.480 e. The molecule has 8 nitrogen and oxygen atoms in total. The predicted molar refractivity (Wildman–Crippen MR) is 89.7 cm³/mol. The van der Waals surface area contributed by atoms with Crippen LogP contribution in [-0.2, 0) is 9.53 Å². The molecule has 10 heteroatoms. The Balaban J connectivity index is 2.25. The number of hydrogen-bond donors (Lipinski definition) is 3. The molecule has 0 aliphatic carbocycles. The highest BCUT2D eigenvalue weighted by Gasteiger charge is 2.41. The van der Waals surface area contributed by atoms with Crippen molar-refractivity contribution in [3.05, 3.63) is 28.5 Å². The van der Waals surface area contributed by atoms with Gasteiger partial charge >= 0.3 is 18.0 Å². The van der Waals surface area contributed by atoms with Crippen molar-refractivity contribution in [1.29, 1.82) is 0 Å². The number of aliphatic hydroxyl groups excluding tert-OH is 1. The Hall–Kier alpha value is -2.39. The number of carboxylic acid groups (broad SMARTS) is 1. The molecule has 0 aromatic heterocycles. The van der Waals surface area contributed by atoms with Crippen LogP contribution in [0.4, 0.5) is 14.9 Å². The number of hydrogen-bond acceptors (Lipinski definition) is 5. The van der Waals surface area contributed by atoms with E-state index in [1.54, 1.807) is 13.8 Å². The maximum Gasteiger partial charge on any atom is 0.339 e. The van der Waals surface area contributed by atoms with Crippen molar-refractivity contribution in [3.8, 4) is 0 Å². The summed E-state index contributed by atoms with van der Waals surface area (Å²) in [6.07, 6.45) is -1.56. The fourth-order valence-electron chi connectivity index (χ4n) is 2.57. The largest absolute Gasteiger partial charge is 0.480 e. The summed E-state index contributed by atoms with van der Waals surface area (Å²) >= 11 is 5.85. The minimum absolute atomic E-state index is 0.0125. The summed E-state index contributed by atoms with van der Waals surface area (Å²) in [6, 6.07) is -0.487. The molecule has 0 radical (unpaired) electrons. The van der Waals surface area contributed by atoms with Gasteiger partial charge in [-0.1, -0.05) is 11.6 Å². The first-order valence-electron chi connectivity index (χ1n) is 7.80. The first-order chi connectivity index (χ1) is 12.1. The number of amides is 2. The van der Waals surface area contributed by atoms with Crippen LogP contribution < -0.4 is 5.32 Å². The Bertz CT molecular complexity index is 742. The molecule has 3 N–H and O–H groups in total. The van der Waals surface area contributed by atoms with E-state index >= 15 is 0 Å². The molecule has 1 saturated heterocycles. The summed E-state index contributed by atoms with van der Waals surface area (Å²) in [5, 5.41) is 20.8.